The maximum absolute atomic E-state index is 13.0. The number of piperidine rings is 2. The van der Waals surface area contributed by atoms with E-state index in [1.54, 1.807) is 0 Å². The number of nitrogens with zero attached hydrogens (tertiary/aromatic N) is 5. The molecule has 0 saturated carbocycles. The Morgan fingerprint density at radius 2 is 0.912 bits per heavy atom. The highest BCUT2D eigenvalue weighted by Gasteiger charge is 2.39. The third-order valence-electron chi connectivity index (χ3n) is 13.9. The third-order valence-corrected chi connectivity index (χ3v) is 14.1. The van der Waals surface area contributed by atoms with E-state index in [0.29, 0.717) is 12.8 Å². The lowest BCUT2D eigenvalue weighted by Gasteiger charge is -2.43. The number of carbonyl (C=O) groups is 2. The minimum absolute atomic E-state index is 0. The fraction of sp³-hybridized carbons (Fsp3) is 0.322. The number of aryl methyl sites for hydroxylation is 4. The fourth-order valence-corrected chi connectivity index (χ4v) is 10.2. The molecule has 0 aliphatic carbocycles. The van der Waals surface area contributed by atoms with Gasteiger partial charge >= 0.3 is 0 Å². The van der Waals surface area contributed by atoms with Gasteiger partial charge in [0.25, 0.3) is 0 Å². The molecule has 0 unspecified atom stereocenters. The molecule has 1 N–H and O–H groups in total. The molecule has 0 spiro atoms. The summed E-state index contributed by atoms with van der Waals surface area (Å²) in [6, 6.07) is 58.8. The summed E-state index contributed by atoms with van der Waals surface area (Å²) in [7, 11) is 0. The molecule has 8 aromatic rings. The van der Waals surface area contributed by atoms with E-state index in [0.717, 1.165) is 93.2 Å². The van der Waals surface area contributed by atoms with Crippen LogP contribution in [0.4, 0.5) is 0 Å². The van der Waals surface area contributed by atoms with Crippen LogP contribution < -0.4 is 5.32 Å². The summed E-state index contributed by atoms with van der Waals surface area (Å²) in [6.45, 7) is 9.88. The van der Waals surface area contributed by atoms with E-state index < -0.39 is 0 Å². The van der Waals surface area contributed by atoms with Gasteiger partial charge in [0, 0.05) is 49.9 Å². The summed E-state index contributed by atoms with van der Waals surface area (Å²) in [4.78, 5) is 35.0. The predicted molar refractivity (Wildman–Crippen MR) is 280 cm³/mol. The number of hydrogen-bond donors (Lipinski definition) is 1. The molecule has 352 valence electrons. The molecule has 6 aromatic carbocycles. The summed E-state index contributed by atoms with van der Waals surface area (Å²) in [6.07, 6.45) is 6.80. The van der Waals surface area contributed by atoms with Crippen LogP contribution in [-0.2, 0) is 46.4 Å². The van der Waals surface area contributed by atoms with E-state index in [4.69, 9.17) is 21.6 Å². The SMILES string of the molecule is C.Cc1nc2ccccc2n1CC1(c2ccccc2)CCN(C(=O)CCc2ccccc2)CC1.Cc1nc2ccccc2n1CC1(c2ccccc2)CCNCC1.O=C(Cl)CCc1ccccc1. The molecule has 2 saturated heterocycles. The molecule has 2 aliphatic rings. The van der Waals surface area contributed by atoms with Crippen molar-refractivity contribution in [3.05, 3.63) is 204 Å². The van der Waals surface area contributed by atoms with Crippen molar-refractivity contribution in [2.45, 2.75) is 96.6 Å². The number of fused-ring (bicyclic) bond motifs is 2. The number of halogens is 1. The number of nitrogens with one attached hydrogen (secondary N) is 1. The van der Waals surface area contributed by atoms with Crippen LogP contribution in [0.5, 0.6) is 0 Å². The summed E-state index contributed by atoms with van der Waals surface area (Å²) in [5, 5.41) is 3.25. The summed E-state index contributed by atoms with van der Waals surface area (Å²) >= 11 is 5.19. The van der Waals surface area contributed by atoms with Crippen LogP contribution in [0.3, 0.4) is 0 Å². The zero-order chi connectivity index (χ0) is 46.5. The van der Waals surface area contributed by atoms with Crippen LogP contribution in [-0.4, -0.2) is 61.3 Å². The first-order valence-corrected chi connectivity index (χ1v) is 24.3. The maximum atomic E-state index is 13.0. The van der Waals surface area contributed by atoms with Crippen molar-refractivity contribution in [1.82, 2.24) is 29.3 Å². The van der Waals surface area contributed by atoms with Gasteiger partial charge in [0.1, 0.15) is 11.6 Å². The quantitative estimate of drug-likeness (QED) is 0.123. The fourth-order valence-electron chi connectivity index (χ4n) is 10.1. The molecule has 0 radical (unpaired) electrons. The molecule has 2 aliphatic heterocycles. The Balaban J connectivity index is 0.000000169. The number of para-hydroxylation sites is 4. The minimum Gasteiger partial charge on any atom is -0.343 e. The summed E-state index contributed by atoms with van der Waals surface area (Å²) in [5.41, 5.74) is 9.97. The lowest BCUT2D eigenvalue weighted by molar-refractivity contribution is -0.132. The first-order chi connectivity index (χ1) is 32.7. The van der Waals surface area contributed by atoms with Crippen molar-refractivity contribution in [2.24, 2.45) is 0 Å². The number of likely N-dealkylation sites (tertiary alicyclic amines) is 1. The second-order valence-electron chi connectivity index (χ2n) is 18.2. The van der Waals surface area contributed by atoms with E-state index in [9.17, 15) is 9.59 Å². The third kappa shape index (κ3) is 12.2. The largest absolute Gasteiger partial charge is 0.343 e. The number of amides is 1. The Bertz CT molecular complexity index is 2810. The Kier molecular flexibility index (Phi) is 17.2. The van der Waals surface area contributed by atoms with Crippen LogP contribution >= 0.6 is 11.6 Å². The normalized spacial score (nSPS) is 15.0. The highest BCUT2D eigenvalue weighted by Crippen LogP contribution is 2.39. The van der Waals surface area contributed by atoms with Gasteiger partial charge < -0.3 is 19.4 Å². The standard InChI is InChI=1S/C29H31N3O.C20H23N3.C9H9ClO.CH4/c1-23-30-26-14-8-9-15-27(26)32(23)22-29(25-12-6-3-7-13-25)18-20-31(21-19-29)28(33)17-16-24-10-4-2-5-11-24;1-16-22-18-9-5-6-10-19(18)23(16)15-20(11-13-21-14-12-20)17-7-3-2-4-8-17;10-9(11)7-6-8-4-2-1-3-5-8;/h2-15H,16-22H2,1H3;2-10,21H,11-15H2,1H3;1-5H,6-7H2;1H4. The number of rotatable bonds is 12. The van der Waals surface area contributed by atoms with Crippen LogP contribution in [0, 0.1) is 13.8 Å². The first-order valence-electron chi connectivity index (χ1n) is 23.9. The molecule has 2 aromatic heterocycles. The van der Waals surface area contributed by atoms with Gasteiger partial charge in [0.2, 0.25) is 11.1 Å². The van der Waals surface area contributed by atoms with Crippen molar-refractivity contribution in [3.8, 4) is 0 Å². The first kappa shape index (κ1) is 49.6. The number of benzene rings is 6. The molecule has 8 nitrogen and oxygen atoms in total. The molecule has 0 atom stereocenters. The van der Waals surface area contributed by atoms with Gasteiger partial charge in [-0.15, -0.1) is 0 Å². The lowest BCUT2D eigenvalue weighted by Crippen LogP contribution is -2.47. The Morgan fingerprint density at radius 3 is 1.35 bits per heavy atom. The van der Waals surface area contributed by atoms with Gasteiger partial charge in [-0.2, -0.15) is 0 Å². The number of carbonyl (C=O) groups excluding carboxylic acids is 2. The zero-order valence-electron chi connectivity index (χ0n) is 39.0. The van der Waals surface area contributed by atoms with Gasteiger partial charge in [0.15, 0.2) is 0 Å². The number of imidazole rings is 2. The number of aromatic nitrogens is 4. The van der Waals surface area contributed by atoms with Gasteiger partial charge in [0.05, 0.1) is 22.1 Å². The molecule has 68 heavy (non-hydrogen) atoms. The number of hydrogen-bond acceptors (Lipinski definition) is 5. The Hall–Kier alpha value is -6.35. The van der Waals surface area contributed by atoms with Gasteiger partial charge in [-0.05, 0) is 124 Å². The van der Waals surface area contributed by atoms with Crippen molar-refractivity contribution >= 4 is 44.8 Å². The zero-order valence-corrected chi connectivity index (χ0v) is 39.8. The van der Waals surface area contributed by atoms with Gasteiger partial charge in [-0.3, -0.25) is 9.59 Å². The van der Waals surface area contributed by atoms with Crippen LogP contribution in [0.25, 0.3) is 22.1 Å². The average Bonchev–Trinajstić information content (AvgIpc) is 3.87. The van der Waals surface area contributed by atoms with Crippen molar-refractivity contribution in [1.29, 1.82) is 0 Å². The van der Waals surface area contributed by atoms with E-state index >= 15 is 0 Å². The molecule has 9 heteroatoms. The van der Waals surface area contributed by atoms with E-state index in [1.807, 2.05) is 54.6 Å². The topological polar surface area (TPSA) is 85.1 Å². The predicted octanol–water partition coefficient (Wildman–Crippen LogP) is 12.2. The van der Waals surface area contributed by atoms with Crippen LogP contribution in [0.15, 0.2) is 170 Å². The highest BCUT2D eigenvalue weighted by atomic mass is 35.5. The molecule has 0 bridgehead atoms. The van der Waals surface area contributed by atoms with E-state index in [2.05, 4.69) is 148 Å². The van der Waals surface area contributed by atoms with Gasteiger partial charge in [-0.1, -0.05) is 153 Å². The van der Waals surface area contributed by atoms with Crippen molar-refractivity contribution < 1.29 is 9.59 Å². The minimum atomic E-state index is -0.270. The lowest BCUT2D eigenvalue weighted by atomic mass is 9.72. The van der Waals surface area contributed by atoms with Crippen LogP contribution in [0.2, 0.25) is 0 Å². The summed E-state index contributed by atoms with van der Waals surface area (Å²) < 4.78 is 4.78. The molecular formula is C59H67ClN6O2. The van der Waals surface area contributed by atoms with Crippen molar-refractivity contribution in [2.75, 3.05) is 26.2 Å². The van der Waals surface area contributed by atoms with Gasteiger partial charge in [-0.25, -0.2) is 9.97 Å². The molecule has 4 heterocycles. The van der Waals surface area contributed by atoms with Crippen LogP contribution in [0.1, 0.15) is 79.9 Å². The smallest absolute Gasteiger partial charge is 0.222 e. The Morgan fingerprint density at radius 1 is 0.529 bits per heavy atom. The monoisotopic (exact) mass is 927 g/mol. The second kappa shape index (κ2) is 23.6. The highest BCUT2D eigenvalue weighted by molar-refractivity contribution is 6.63. The Labute approximate surface area is 408 Å². The molecule has 2 fully saturated rings. The summed E-state index contributed by atoms with van der Waals surface area (Å²) in [5.74, 6) is 2.43. The van der Waals surface area contributed by atoms with E-state index in [-0.39, 0.29) is 29.4 Å². The second-order valence-corrected chi connectivity index (χ2v) is 18.6. The molecule has 1 amide bonds. The van der Waals surface area contributed by atoms with Crippen molar-refractivity contribution in [3.63, 3.8) is 0 Å². The molecular weight excluding hydrogens is 860 g/mol. The average molecular weight is 928 g/mol. The van der Waals surface area contributed by atoms with E-state index in [1.165, 1.54) is 40.6 Å². The maximum Gasteiger partial charge on any atom is 0.222 e. The molecule has 10 rings (SSSR count).